The van der Waals surface area contributed by atoms with Crippen LogP contribution in [0.1, 0.15) is 20.3 Å². The first-order chi connectivity index (χ1) is 6.34. The quantitative estimate of drug-likeness (QED) is 0.614. The Labute approximate surface area is 83.4 Å². The van der Waals surface area contributed by atoms with E-state index in [0.717, 1.165) is 6.42 Å². The summed E-state index contributed by atoms with van der Waals surface area (Å²) in [4.78, 5) is 24.0. The molecule has 80 valence electrons. The second kappa shape index (κ2) is 3.57. The SMILES string of the molecule is CC1(C)CCN(CC(N)C(N)=O)C1=O. The van der Waals surface area contributed by atoms with Gasteiger partial charge in [0.15, 0.2) is 0 Å². The van der Waals surface area contributed by atoms with Crippen LogP contribution in [0.2, 0.25) is 0 Å². The number of hydrogen-bond donors (Lipinski definition) is 2. The molecule has 0 bridgehead atoms. The lowest BCUT2D eigenvalue weighted by atomic mass is 9.92. The fourth-order valence-corrected chi connectivity index (χ4v) is 1.55. The summed E-state index contributed by atoms with van der Waals surface area (Å²) < 4.78 is 0. The molecule has 0 aromatic carbocycles. The van der Waals surface area contributed by atoms with E-state index < -0.39 is 11.9 Å². The molecule has 5 heteroatoms. The number of nitrogens with zero attached hydrogens (tertiary/aromatic N) is 1. The Bertz CT molecular complexity index is 263. The summed E-state index contributed by atoms with van der Waals surface area (Å²) in [6, 6.07) is -0.757. The summed E-state index contributed by atoms with van der Waals surface area (Å²) >= 11 is 0. The summed E-state index contributed by atoms with van der Waals surface area (Å²) in [5.74, 6) is -0.517. The first-order valence-corrected chi connectivity index (χ1v) is 4.69. The van der Waals surface area contributed by atoms with Gasteiger partial charge >= 0.3 is 0 Å². The third-order valence-corrected chi connectivity index (χ3v) is 2.66. The van der Waals surface area contributed by atoms with Crippen molar-refractivity contribution in [2.45, 2.75) is 26.3 Å². The lowest BCUT2D eigenvalue weighted by molar-refractivity contribution is -0.135. The number of primary amides is 1. The molecule has 0 aliphatic carbocycles. The maximum Gasteiger partial charge on any atom is 0.236 e. The van der Waals surface area contributed by atoms with Crippen molar-refractivity contribution in [2.24, 2.45) is 16.9 Å². The summed E-state index contributed by atoms with van der Waals surface area (Å²) in [5.41, 5.74) is 10.2. The van der Waals surface area contributed by atoms with Gasteiger partial charge in [-0.25, -0.2) is 0 Å². The molecule has 4 N–H and O–H groups in total. The van der Waals surface area contributed by atoms with Crippen LogP contribution in [0.5, 0.6) is 0 Å². The highest BCUT2D eigenvalue weighted by Crippen LogP contribution is 2.30. The molecule has 14 heavy (non-hydrogen) atoms. The van der Waals surface area contributed by atoms with Gasteiger partial charge in [0.1, 0.15) is 6.04 Å². The first-order valence-electron chi connectivity index (χ1n) is 4.69. The van der Waals surface area contributed by atoms with Gasteiger partial charge in [-0.15, -0.1) is 0 Å². The molecular weight excluding hydrogens is 182 g/mol. The number of carbonyl (C=O) groups excluding carboxylic acids is 2. The fraction of sp³-hybridized carbons (Fsp3) is 0.778. The van der Waals surface area contributed by atoms with E-state index in [2.05, 4.69) is 0 Å². The average molecular weight is 199 g/mol. The minimum Gasteiger partial charge on any atom is -0.368 e. The van der Waals surface area contributed by atoms with Gasteiger partial charge < -0.3 is 16.4 Å². The smallest absolute Gasteiger partial charge is 0.236 e. The molecule has 5 nitrogen and oxygen atoms in total. The predicted molar refractivity (Wildman–Crippen MR) is 52.1 cm³/mol. The predicted octanol–water partition coefficient (Wildman–Crippen LogP) is -0.942. The van der Waals surface area contributed by atoms with E-state index in [1.54, 1.807) is 4.90 Å². The minimum absolute atomic E-state index is 0.0502. The van der Waals surface area contributed by atoms with Crippen molar-refractivity contribution in [3.8, 4) is 0 Å². The van der Waals surface area contributed by atoms with E-state index in [9.17, 15) is 9.59 Å². The summed E-state index contributed by atoms with van der Waals surface area (Å²) in [6.45, 7) is 4.68. The Morgan fingerprint density at radius 1 is 1.64 bits per heavy atom. The summed E-state index contributed by atoms with van der Waals surface area (Å²) in [7, 11) is 0. The second-order valence-corrected chi connectivity index (χ2v) is 4.39. The van der Waals surface area contributed by atoms with Gasteiger partial charge in [-0.3, -0.25) is 9.59 Å². The van der Waals surface area contributed by atoms with Crippen molar-refractivity contribution < 1.29 is 9.59 Å². The molecule has 1 fully saturated rings. The van der Waals surface area contributed by atoms with Gasteiger partial charge in [-0.1, -0.05) is 13.8 Å². The monoisotopic (exact) mass is 199 g/mol. The largest absolute Gasteiger partial charge is 0.368 e. The van der Waals surface area contributed by atoms with Crippen molar-refractivity contribution in [1.29, 1.82) is 0 Å². The van der Waals surface area contributed by atoms with Crippen LogP contribution in [0.15, 0.2) is 0 Å². The number of carbonyl (C=O) groups is 2. The number of likely N-dealkylation sites (tertiary alicyclic amines) is 1. The minimum atomic E-state index is -0.757. The third-order valence-electron chi connectivity index (χ3n) is 2.66. The molecule has 0 radical (unpaired) electrons. The number of amides is 2. The normalized spacial score (nSPS) is 22.5. The standard InChI is InChI=1S/C9H17N3O2/c1-9(2)3-4-12(8(9)14)5-6(10)7(11)13/h6H,3-5,10H2,1-2H3,(H2,11,13). The Balaban J connectivity index is 2.57. The van der Waals surface area contributed by atoms with Gasteiger partial charge in [0.25, 0.3) is 0 Å². The van der Waals surface area contributed by atoms with E-state index >= 15 is 0 Å². The number of hydrogen-bond acceptors (Lipinski definition) is 3. The van der Waals surface area contributed by atoms with E-state index in [1.165, 1.54) is 0 Å². The molecular formula is C9H17N3O2. The average Bonchev–Trinajstić information content (AvgIpc) is 2.32. The third kappa shape index (κ3) is 2.04. The van der Waals surface area contributed by atoms with Crippen LogP contribution in [-0.4, -0.2) is 35.8 Å². The molecule has 1 atom stereocenters. The van der Waals surface area contributed by atoms with Crippen molar-refractivity contribution in [3.63, 3.8) is 0 Å². The van der Waals surface area contributed by atoms with Crippen LogP contribution in [0.4, 0.5) is 0 Å². The van der Waals surface area contributed by atoms with E-state index in [0.29, 0.717) is 6.54 Å². The molecule has 0 aromatic rings. The molecule has 0 aromatic heterocycles. The van der Waals surface area contributed by atoms with Crippen molar-refractivity contribution >= 4 is 11.8 Å². The first kappa shape index (κ1) is 11.0. The molecule has 1 heterocycles. The van der Waals surface area contributed by atoms with Crippen LogP contribution < -0.4 is 11.5 Å². The lowest BCUT2D eigenvalue weighted by Gasteiger charge is -2.21. The maximum absolute atomic E-state index is 11.7. The van der Waals surface area contributed by atoms with Gasteiger partial charge in [0.05, 0.1) is 0 Å². The molecule has 1 rings (SSSR count). The number of nitrogens with two attached hydrogens (primary N) is 2. The van der Waals surface area contributed by atoms with Crippen LogP contribution in [0.25, 0.3) is 0 Å². The lowest BCUT2D eigenvalue weighted by Crippen LogP contribution is -2.47. The van der Waals surface area contributed by atoms with Crippen molar-refractivity contribution in [3.05, 3.63) is 0 Å². The van der Waals surface area contributed by atoms with Gasteiger partial charge in [0, 0.05) is 18.5 Å². The van der Waals surface area contributed by atoms with Crippen LogP contribution in [-0.2, 0) is 9.59 Å². The van der Waals surface area contributed by atoms with Gasteiger partial charge in [0.2, 0.25) is 11.8 Å². The molecule has 0 spiro atoms. The summed E-state index contributed by atoms with van der Waals surface area (Å²) in [6.07, 6.45) is 0.803. The van der Waals surface area contributed by atoms with E-state index in [1.807, 2.05) is 13.8 Å². The topological polar surface area (TPSA) is 89.4 Å². The van der Waals surface area contributed by atoms with Crippen LogP contribution in [0, 0.1) is 5.41 Å². The molecule has 1 aliphatic rings. The Morgan fingerprint density at radius 2 is 2.21 bits per heavy atom. The number of rotatable bonds is 3. The van der Waals surface area contributed by atoms with Gasteiger partial charge in [-0.05, 0) is 6.42 Å². The molecule has 1 aliphatic heterocycles. The molecule has 1 saturated heterocycles. The van der Waals surface area contributed by atoms with Crippen LogP contribution >= 0.6 is 0 Å². The highest BCUT2D eigenvalue weighted by Gasteiger charge is 2.39. The molecule has 0 saturated carbocycles. The zero-order valence-corrected chi connectivity index (χ0v) is 8.62. The zero-order chi connectivity index (χ0) is 10.9. The Hall–Kier alpha value is -1.10. The van der Waals surface area contributed by atoms with Crippen molar-refractivity contribution in [1.82, 2.24) is 4.90 Å². The highest BCUT2D eigenvalue weighted by molar-refractivity contribution is 5.85. The van der Waals surface area contributed by atoms with E-state index in [-0.39, 0.29) is 17.9 Å². The van der Waals surface area contributed by atoms with E-state index in [4.69, 9.17) is 11.5 Å². The van der Waals surface area contributed by atoms with Gasteiger partial charge in [-0.2, -0.15) is 0 Å². The second-order valence-electron chi connectivity index (χ2n) is 4.39. The molecule has 1 unspecified atom stereocenters. The molecule has 2 amide bonds. The Kier molecular flexibility index (Phi) is 2.80. The summed E-state index contributed by atoms with van der Waals surface area (Å²) in [5, 5.41) is 0. The Morgan fingerprint density at radius 3 is 2.57 bits per heavy atom. The van der Waals surface area contributed by atoms with Crippen LogP contribution in [0.3, 0.4) is 0 Å². The highest BCUT2D eigenvalue weighted by atomic mass is 16.2. The van der Waals surface area contributed by atoms with Crippen molar-refractivity contribution in [2.75, 3.05) is 13.1 Å². The maximum atomic E-state index is 11.7. The fourth-order valence-electron chi connectivity index (χ4n) is 1.55. The zero-order valence-electron chi connectivity index (χ0n) is 8.62.